The number of ether oxygens (including phenoxy) is 1. The standard InChI is InChI=1S/C19H21N3O2/c23-19(15-5-7-20-8-6-15)22-11-12-24-18-4-3-17(13-16(18)14-22)21-9-1-2-10-21/h3-8,13H,1-2,9-12,14H2. The van der Waals surface area contributed by atoms with E-state index >= 15 is 0 Å². The highest BCUT2D eigenvalue weighted by atomic mass is 16.5. The molecule has 1 aromatic carbocycles. The summed E-state index contributed by atoms with van der Waals surface area (Å²) in [5.74, 6) is 0.920. The molecule has 5 heteroatoms. The first-order chi connectivity index (χ1) is 11.8. The Bertz CT molecular complexity index is 727. The van der Waals surface area contributed by atoms with Crippen molar-refractivity contribution in [2.75, 3.05) is 31.1 Å². The van der Waals surface area contributed by atoms with Gasteiger partial charge in [0.15, 0.2) is 0 Å². The molecule has 124 valence electrons. The van der Waals surface area contributed by atoms with E-state index in [1.165, 1.54) is 18.5 Å². The molecule has 2 aromatic rings. The Kier molecular flexibility index (Phi) is 4.07. The van der Waals surface area contributed by atoms with Crippen LogP contribution in [0.1, 0.15) is 28.8 Å². The first-order valence-electron chi connectivity index (χ1n) is 8.51. The van der Waals surface area contributed by atoms with Gasteiger partial charge in [0.05, 0.1) is 6.54 Å². The van der Waals surface area contributed by atoms with Gasteiger partial charge in [0.2, 0.25) is 0 Å². The zero-order valence-electron chi connectivity index (χ0n) is 13.6. The van der Waals surface area contributed by atoms with Gasteiger partial charge in [-0.1, -0.05) is 0 Å². The number of carbonyl (C=O) groups is 1. The van der Waals surface area contributed by atoms with Crippen molar-refractivity contribution in [1.82, 2.24) is 9.88 Å². The third-order valence-electron chi connectivity index (χ3n) is 4.71. The van der Waals surface area contributed by atoms with Crippen LogP contribution in [0.4, 0.5) is 5.69 Å². The lowest BCUT2D eigenvalue weighted by Crippen LogP contribution is -2.32. The zero-order chi connectivity index (χ0) is 16.4. The molecule has 1 fully saturated rings. The Balaban J connectivity index is 1.59. The van der Waals surface area contributed by atoms with Crippen LogP contribution in [0, 0.1) is 0 Å². The van der Waals surface area contributed by atoms with E-state index < -0.39 is 0 Å². The second-order valence-electron chi connectivity index (χ2n) is 6.30. The van der Waals surface area contributed by atoms with Crippen molar-refractivity contribution >= 4 is 11.6 Å². The van der Waals surface area contributed by atoms with Crippen LogP contribution >= 0.6 is 0 Å². The van der Waals surface area contributed by atoms with E-state index in [0.717, 1.165) is 24.4 Å². The maximum atomic E-state index is 12.7. The maximum Gasteiger partial charge on any atom is 0.254 e. The Hall–Kier alpha value is -2.56. The predicted octanol–water partition coefficient (Wildman–Crippen LogP) is 2.72. The van der Waals surface area contributed by atoms with Crippen LogP contribution < -0.4 is 9.64 Å². The summed E-state index contributed by atoms with van der Waals surface area (Å²) in [7, 11) is 0. The quantitative estimate of drug-likeness (QED) is 0.852. The van der Waals surface area contributed by atoms with E-state index in [-0.39, 0.29) is 5.91 Å². The first kappa shape index (κ1) is 15.0. The number of hydrogen-bond acceptors (Lipinski definition) is 4. The molecule has 5 nitrogen and oxygen atoms in total. The molecule has 4 rings (SSSR count). The molecule has 1 aromatic heterocycles. The van der Waals surface area contributed by atoms with Gasteiger partial charge in [0.25, 0.3) is 5.91 Å². The second kappa shape index (κ2) is 6.51. The van der Waals surface area contributed by atoms with Gasteiger partial charge in [-0.05, 0) is 43.2 Å². The Morgan fingerprint density at radius 3 is 2.62 bits per heavy atom. The van der Waals surface area contributed by atoms with Gasteiger partial charge in [-0.3, -0.25) is 9.78 Å². The van der Waals surface area contributed by atoms with E-state index in [1.807, 2.05) is 11.0 Å². The topological polar surface area (TPSA) is 45.7 Å². The van der Waals surface area contributed by atoms with E-state index in [0.29, 0.717) is 25.3 Å². The number of amides is 1. The summed E-state index contributed by atoms with van der Waals surface area (Å²) < 4.78 is 5.86. The van der Waals surface area contributed by atoms with Crippen LogP contribution in [0.25, 0.3) is 0 Å². The minimum Gasteiger partial charge on any atom is -0.491 e. The highest BCUT2D eigenvalue weighted by Gasteiger charge is 2.22. The molecule has 0 radical (unpaired) electrons. The number of carbonyl (C=O) groups excluding carboxylic acids is 1. The van der Waals surface area contributed by atoms with Crippen LogP contribution in [0.3, 0.4) is 0 Å². The Labute approximate surface area is 141 Å². The summed E-state index contributed by atoms with van der Waals surface area (Å²) in [5.41, 5.74) is 2.98. The van der Waals surface area contributed by atoms with Gasteiger partial charge in [-0.15, -0.1) is 0 Å². The van der Waals surface area contributed by atoms with E-state index in [1.54, 1.807) is 24.5 Å². The lowest BCUT2D eigenvalue weighted by atomic mass is 10.1. The molecule has 3 heterocycles. The minimum absolute atomic E-state index is 0.0282. The molecule has 24 heavy (non-hydrogen) atoms. The van der Waals surface area contributed by atoms with E-state index in [4.69, 9.17) is 4.74 Å². The maximum absolute atomic E-state index is 12.7. The number of pyridine rings is 1. The van der Waals surface area contributed by atoms with Crippen molar-refractivity contribution < 1.29 is 9.53 Å². The van der Waals surface area contributed by atoms with Crippen molar-refractivity contribution in [1.29, 1.82) is 0 Å². The number of fused-ring (bicyclic) bond motifs is 1. The molecule has 2 aliphatic rings. The van der Waals surface area contributed by atoms with Crippen molar-refractivity contribution in [2.45, 2.75) is 19.4 Å². The molecule has 1 amide bonds. The number of aromatic nitrogens is 1. The fraction of sp³-hybridized carbons (Fsp3) is 0.368. The van der Waals surface area contributed by atoms with Crippen molar-refractivity contribution in [2.24, 2.45) is 0 Å². The van der Waals surface area contributed by atoms with Crippen molar-refractivity contribution in [3.05, 3.63) is 53.9 Å². The smallest absolute Gasteiger partial charge is 0.254 e. The number of benzene rings is 1. The molecule has 2 aliphatic heterocycles. The summed E-state index contributed by atoms with van der Waals surface area (Å²) in [4.78, 5) is 21.0. The normalized spacial score (nSPS) is 17.2. The van der Waals surface area contributed by atoms with Crippen LogP contribution in [0.5, 0.6) is 5.75 Å². The van der Waals surface area contributed by atoms with Gasteiger partial charge < -0.3 is 14.5 Å². The predicted molar refractivity (Wildman–Crippen MR) is 92.4 cm³/mol. The highest BCUT2D eigenvalue weighted by molar-refractivity contribution is 5.94. The van der Waals surface area contributed by atoms with Gasteiger partial charge in [-0.2, -0.15) is 0 Å². The monoisotopic (exact) mass is 323 g/mol. The summed E-state index contributed by atoms with van der Waals surface area (Å²) in [6, 6.07) is 9.87. The largest absolute Gasteiger partial charge is 0.491 e. The molecule has 0 bridgehead atoms. The molecule has 0 unspecified atom stereocenters. The van der Waals surface area contributed by atoms with Crippen LogP contribution in [-0.2, 0) is 6.54 Å². The molecule has 0 aliphatic carbocycles. The summed E-state index contributed by atoms with van der Waals surface area (Å²) in [5, 5.41) is 0. The summed E-state index contributed by atoms with van der Waals surface area (Å²) in [6.45, 7) is 3.92. The molecule has 1 saturated heterocycles. The number of hydrogen-bond donors (Lipinski definition) is 0. The fourth-order valence-corrected chi connectivity index (χ4v) is 3.40. The second-order valence-corrected chi connectivity index (χ2v) is 6.30. The first-order valence-corrected chi connectivity index (χ1v) is 8.51. The highest BCUT2D eigenvalue weighted by Crippen LogP contribution is 2.30. The summed E-state index contributed by atoms with van der Waals surface area (Å²) in [6.07, 6.45) is 5.81. The Morgan fingerprint density at radius 2 is 1.83 bits per heavy atom. The SMILES string of the molecule is O=C(c1ccncc1)N1CCOc2ccc(N3CCCC3)cc2C1. The number of nitrogens with zero attached hydrogens (tertiary/aromatic N) is 3. The lowest BCUT2D eigenvalue weighted by molar-refractivity contribution is 0.0733. The van der Waals surface area contributed by atoms with Gasteiger partial charge in [0.1, 0.15) is 12.4 Å². The van der Waals surface area contributed by atoms with E-state index in [2.05, 4.69) is 22.0 Å². The van der Waals surface area contributed by atoms with Gasteiger partial charge in [-0.25, -0.2) is 0 Å². The molecule has 0 atom stereocenters. The molecule has 0 spiro atoms. The van der Waals surface area contributed by atoms with Gasteiger partial charge >= 0.3 is 0 Å². The van der Waals surface area contributed by atoms with Crippen molar-refractivity contribution in [3.8, 4) is 5.75 Å². The molecular formula is C19H21N3O2. The minimum atomic E-state index is 0.0282. The molecule has 0 saturated carbocycles. The molecule has 0 N–H and O–H groups in total. The lowest BCUT2D eigenvalue weighted by Gasteiger charge is -2.22. The van der Waals surface area contributed by atoms with Crippen molar-refractivity contribution in [3.63, 3.8) is 0 Å². The molecular weight excluding hydrogens is 302 g/mol. The van der Waals surface area contributed by atoms with Gasteiger partial charge in [0, 0.05) is 48.8 Å². The average Bonchev–Trinajstić information content (AvgIpc) is 3.08. The summed E-state index contributed by atoms with van der Waals surface area (Å²) >= 11 is 0. The van der Waals surface area contributed by atoms with Crippen LogP contribution in [-0.4, -0.2) is 42.0 Å². The Morgan fingerprint density at radius 1 is 1.04 bits per heavy atom. The average molecular weight is 323 g/mol. The third kappa shape index (κ3) is 2.94. The zero-order valence-corrected chi connectivity index (χ0v) is 13.6. The van der Waals surface area contributed by atoms with Crippen LogP contribution in [0.15, 0.2) is 42.7 Å². The number of rotatable bonds is 2. The fourth-order valence-electron chi connectivity index (χ4n) is 3.40. The van der Waals surface area contributed by atoms with Crippen LogP contribution in [0.2, 0.25) is 0 Å². The number of anilines is 1. The van der Waals surface area contributed by atoms with E-state index in [9.17, 15) is 4.79 Å². The third-order valence-corrected chi connectivity index (χ3v) is 4.71.